The Hall–Kier alpha value is -2.41. The van der Waals surface area contributed by atoms with E-state index in [0.29, 0.717) is 16.4 Å². The maximum Gasteiger partial charge on any atom is 0.270 e. The minimum absolute atomic E-state index is 0.0469. The summed E-state index contributed by atoms with van der Waals surface area (Å²) in [4.78, 5) is 24.5. The van der Waals surface area contributed by atoms with Gasteiger partial charge < -0.3 is 10.4 Å². The molecule has 3 rings (SSSR count). The molecule has 0 saturated heterocycles. The lowest BCUT2D eigenvalue weighted by Gasteiger charge is -2.16. The monoisotopic (exact) mass is 346 g/mol. The fourth-order valence-corrected chi connectivity index (χ4v) is 4.03. The van der Waals surface area contributed by atoms with Crippen molar-refractivity contribution in [2.45, 2.75) is 32.7 Å². The molecule has 0 spiro atoms. The summed E-state index contributed by atoms with van der Waals surface area (Å²) in [6.45, 7) is 2.26. The van der Waals surface area contributed by atoms with Gasteiger partial charge in [0.1, 0.15) is 5.75 Å². The van der Waals surface area contributed by atoms with Crippen LogP contribution in [-0.4, -0.2) is 15.9 Å². The number of thiophene rings is 1. The summed E-state index contributed by atoms with van der Waals surface area (Å²) < 4.78 is 0. The highest BCUT2D eigenvalue weighted by Gasteiger charge is 2.21. The number of hydrogen-bond acceptors (Lipinski definition) is 5. The molecule has 1 aromatic carbocycles. The van der Waals surface area contributed by atoms with Gasteiger partial charge in [-0.2, -0.15) is 0 Å². The van der Waals surface area contributed by atoms with Crippen molar-refractivity contribution in [2.24, 2.45) is 5.92 Å². The number of nitrogens with one attached hydrogen (secondary N) is 1. The first-order valence-corrected chi connectivity index (χ1v) is 8.61. The normalized spacial score (nSPS) is 16.5. The van der Waals surface area contributed by atoms with Crippen LogP contribution < -0.4 is 5.32 Å². The van der Waals surface area contributed by atoms with E-state index in [1.165, 1.54) is 40.0 Å². The maximum atomic E-state index is 12.3. The number of nitro groups is 1. The number of carbonyl (C=O) groups excluding carboxylic acids is 1. The number of carbonyl (C=O) groups is 1. The molecule has 1 aliphatic rings. The number of nitro benzene ring substituents is 1. The number of rotatable bonds is 4. The van der Waals surface area contributed by atoms with Crippen LogP contribution in [0, 0.1) is 16.0 Å². The Morgan fingerprint density at radius 3 is 3.00 bits per heavy atom. The zero-order valence-electron chi connectivity index (χ0n) is 13.2. The molecule has 0 unspecified atom stereocenters. The molecule has 1 atom stereocenters. The van der Waals surface area contributed by atoms with Crippen molar-refractivity contribution in [1.82, 2.24) is 5.32 Å². The van der Waals surface area contributed by atoms with Crippen molar-refractivity contribution in [3.63, 3.8) is 0 Å². The number of phenolic OH excluding ortho intramolecular Hbond substituents is 1. The summed E-state index contributed by atoms with van der Waals surface area (Å²) in [6.07, 6.45) is 3.17. The van der Waals surface area contributed by atoms with Gasteiger partial charge in [-0.25, -0.2) is 0 Å². The zero-order valence-corrected chi connectivity index (χ0v) is 14.1. The molecule has 0 saturated carbocycles. The van der Waals surface area contributed by atoms with Gasteiger partial charge >= 0.3 is 0 Å². The third kappa shape index (κ3) is 3.41. The van der Waals surface area contributed by atoms with Gasteiger partial charge in [-0.1, -0.05) is 6.92 Å². The number of fused-ring (bicyclic) bond motifs is 1. The van der Waals surface area contributed by atoms with Gasteiger partial charge in [-0.05, 0) is 42.9 Å². The van der Waals surface area contributed by atoms with E-state index < -0.39 is 4.92 Å². The highest BCUT2D eigenvalue weighted by Crippen LogP contribution is 2.32. The maximum absolute atomic E-state index is 12.3. The topological polar surface area (TPSA) is 92.5 Å². The van der Waals surface area contributed by atoms with Crippen molar-refractivity contribution < 1.29 is 14.8 Å². The summed E-state index contributed by atoms with van der Waals surface area (Å²) >= 11 is 1.51. The van der Waals surface area contributed by atoms with Crippen LogP contribution in [0.5, 0.6) is 5.75 Å². The molecular weight excluding hydrogens is 328 g/mol. The third-order valence-corrected chi connectivity index (χ3v) is 5.50. The Morgan fingerprint density at radius 2 is 2.25 bits per heavy atom. The lowest BCUT2D eigenvalue weighted by Crippen LogP contribution is -2.21. The summed E-state index contributed by atoms with van der Waals surface area (Å²) in [7, 11) is 0. The van der Waals surface area contributed by atoms with Gasteiger partial charge in [-0.15, -0.1) is 11.3 Å². The summed E-state index contributed by atoms with van der Waals surface area (Å²) in [5.74, 6) is 0.359. The fraction of sp³-hybridized carbons (Fsp3) is 0.353. The molecule has 6 nitrogen and oxygen atoms in total. The second-order valence-electron chi connectivity index (χ2n) is 6.16. The molecule has 24 heavy (non-hydrogen) atoms. The van der Waals surface area contributed by atoms with Crippen molar-refractivity contribution in [1.29, 1.82) is 0 Å². The highest BCUT2D eigenvalue weighted by atomic mass is 32.1. The highest BCUT2D eigenvalue weighted by molar-refractivity contribution is 7.14. The number of phenols is 1. The number of hydrogen-bond donors (Lipinski definition) is 2. The van der Waals surface area contributed by atoms with Crippen LogP contribution in [0.3, 0.4) is 0 Å². The van der Waals surface area contributed by atoms with E-state index >= 15 is 0 Å². The second-order valence-corrected chi connectivity index (χ2v) is 7.30. The van der Waals surface area contributed by atoms with Crippen LogP contribution in [0.1, 0.15) is 39.0 Å². The molecule has 0 radical (unpaired) electrons. The zero-order chi connectivity index (χ0) is 17.3. The number of aromatic hydroxyl groups is 1. The van der Waals surface area contributed by atoms with Crippen LogP contribution in [-0.2, 0) is 19.4 Å². The van der Waals surface area contributed by atoms with E-state index in [0.717, 1.165) is 19.3 Å². The van der Waals surface area contributed by atoms with Crippen molar-refractivity contribution in [2.75, 3.05) is 0 Å². The second kappa shape index (κ2) is 6.60. The average Bonchev–Trinajstić information content (AvgIpc) is 2.96. The van der Waals surface area contributed by atoms with Crippen LogP contribution in [0.2, 0.25) is 0 Å². The molecule has 7 heteroatoms. The average molecular weight is 346 g/mol. The van der Waals surface area contributed by atoms with Crippen molar-refractivity contribution >= 4 is 22.9 Å². The van der Waals surface area contributed by atoms with Crippen LogP contribution >= 0.6 is 11.3 Å². The van der Waals surface area contributed by atoms with Crippen LogP contribution in [0.4, 0.5) is 5.69 Å². The first-order valence-electron chi connectivity index (χ1n) is 7.80. The lowest BCUT2D eigenvalue weighted by atomic mass is 9.90. The number of non-ortho nitro benzene ring substituents is 1. The molecule has 0 fully saturated rings. The molecular formula is C17H18N2O4S. The molecule has 2 aromatic rings. The lowest BCUT2D eigenvalue weighted by molar-refractivity contribution is -0.384. The largest absolute Gasteiger partial charge is 0.508 e. The minimum atomic E-state index is -0.529. The van der Waals surface area contributed by atoms with E-state index in [9.17, 15) is 20.0 Å². The standard InChI is InChI=1S/C17H18N2O4S/c1-10-2-5-15-11(6-10)8-16(24-15)17(21)18-9-12-7-13(19(22)23)3-4-14(12)20/h3-4,7-8,10,20H,2,5-6,9H2,1H3,(H,18,21)/t10-/m1/s1. The molecule has 1 heterocycles. The van der Waals surface area contributed by atoms with E-state index in [4.69, 9.17) is 0 Å². The number of amides is 1. The number of nitrogens with zero attached hydrogens (tertiary/aromatic N) is 1. The quantitative estimate of drug-likeness (QED) is 0.655. The Bertz CT molecular complexity index is 800. The minimum Gasteiger partial charge on any atom is -0.508 e. The summed E-state index contributed by atoms with van der Waals surface area (Å²) in [6, 6.07) is 5.72. The smallest absolute Gasteiger partial charge is 0.270 e. The van der Waals surface area contributed by atoms with Gasteiger partial charge in [0.05, 0.1) is 9.80 Å². The SMILES string of the molecule is C[C@@H]1CCc2sc(C(=O)NCc3cc([N+](=O)[O-])ccc3O)cc2C1. The van der Waals surface area contributed by atoms with Crippen molar-refractivity contribution in [3.8, 4) is 5.75 Å². The van der Waals surface area contributed by atoms with Gasteiger partial charge in [0, 0.05) is 29.1 Å². The predicted molar refractivity (Wildman–Crippen MR) is 91.4 cm³/mol. The Kier molecular flexibility index (Phi) is 4.53. The number of aryl methyl sites for hydroxylation is 1. The van der Waals surface area contributed by atoms with Crippen molar-refractivity contribution in [3.05, 3.63) is 55.3 Å². The Morgan fingerprint density at radius 1 is 1.46 bits per heavy atom. The van der Waals surface area contributed by atoms with E-state index in [1.54, 1.807) is 0 Å². The van der Waals surface area contributed by atoms with E-state index in [1.807, 2.05) is 6.07 Å². The first kappa shape index (κ1) is 16.4. The predicted octanol–water partition coefficient (Wildman–Crippen LogP) is 3.42. The molecule has 2 N–H and O–H groups in total. The molecule has 1 aliphatic carbocycles. The molecule has 1 amide bonds. The van der Waals surface area contributed by atoms with E-state index in [2.05, 4.69) is 12.2 Å². The molecule has 0 aliphatic heterocycles. The van der Waals surface area contributed by atoms with Gasteiger partial charge in [0.15, 0.2) is 0 Å². The van der Waals surface area contributed by atoms with E-state index in [-0.39, 0.29) is 23.9 Å². The van der Waals surface area contributed by atoms with Gasteiger partial charge in [-0.3, -0.25) is 14.9 Å². The summed E-state index contributed by atoms with van der Waals surface area (Å²) in [5, 5.41) is 23.3. The third-order valence-electron chi connectivity index (χ3n) is 4.27. The first-order chi connectivity index (χ1) is 11.4. The van der Waals surface area contributed by atoms with Gasteiger partial charge in [0.2, 0.25) is 0 Å². The van der Waals surface area contributed by atoms with Gasteiger partial charge in [0.25, 0.3) is 11.6 Å². The van der Waals surface area contributed by atoms with Crippen LogP contribution in [0.25, 0.3) is 0 Å². The Balaban J connectivity index is 1.70. The Labute approximate surface area is 143 Å². The summed E-state index contributed by atoms with van der Waals surface area (Å²) in [5.41, 5.74) is 1.47. The molecule has 0 bridgehead atoms. The fourth-order valence-electron chi connectivity index (χ4n) is 2.91. The van der Waals surface area contributed by atoms with Crippen LogP contribution in [0.15, 0.2) is 24.3 Å². The molecule has 1 aromatic heterocycles. The number of benzene rings is 1. The molecule has 126 valence electrons.